The topological polar surface area (TPSA) is 170 Å². The number of esters is 1. The summed E-state index contributed by atoms with van der Waals surface area (Å²) in [6, 6.07) is 10.3. The zero-order chi connectivity index (χ0) is 35.0. The molecule has 0 bridgehead atoms. The summed E-state index contributed by atoms with van der Waals surface area (Å²) in [6.45, 7) is 7.23. The summed E-state index contributed by atoms with van der Waals surface area (Å²) in [5.41, 5.74) is 7.67. The van der Waals surface area contributed by atoms with Crippen molar-refractivity contribution in [2.75, 3.05) is 34.2 Å². The third-order valence-electron chi connectivity index (χ3n) is 8.71. The zero-order valence-electron chi connectivity index (χ0n) is 28.6. The van der Waals surface area contributed by atoms with Gasteiger partial charge in [-0.2, -0.15) is 0 Å². The number of nitrogens with two attached hydrogens (primary N) is 1. The van der Waals surface area contributed by atoms with Gasteiger partial charge in [-0.25, -0.2) is 15.0 Å². The monoisotopic (exact) mass is 679 g/mol. The highest BCUT2D eigenvalue weighted by Crippen LogP contribution is 2.47. The van der Waals surface area contributed by atoms with Crippen LogP contribution < -0.4 is 29.4 Å². The first kappa shape index (κ1) is 34.2. The van der Waals surface area contributed by atoms with Gasteiger partial charge in [0.1, 0.15) is 47.8 Å². The van der Waals surface area contributed by atoms with Gasteiger partial charge >= 0.3 is 5.97 Å². The number of nitrogens with zero attached hydrogens (tertiary/aromatic N) is 4. The Kier molecular flexibility index (Phi) is 9.53. The van der Waals surface area contributed by atoms with E-state index >= 15 is 0 Å². The predicted molar refractivity (Wildman–Crippen MR) is 175 cm³/mol. The van der Waals surface area contributed by atoms with Gasteiger partial charge in [0.05, 0.1) is 46.8 Å². The first-order valence-corrected chi connectivity index (χ1v) is 15.7. The molecule has 2 saturated heterocycles. The van der Waals surface area contributed by atoms with Gasteiger partial charge in [0, 0.05) is 0 Å². The van der Waals surface area contributed by atoms with Gasteiger partial charge < -0.3 is 48.4 Å². The summed E-state index contributed by atoms with van der Waals surface area (Å²) < 4.78 is 55.9. The van der Waals surface area contributed by atoms with Gasteiger partial charge in [0.15, 0.2) is 35.0 Å². The average Bonchev–Trinajstić information content (AvgIpc) is 3.77. The molecule has 2 fully saturated rings. The SMILES string of the molecule is COc1ccc(OC(=O)C(C)C(OC(C)c2cc(OC)c(OC)c(OC)c2)[C@H]2O[C@@H](n3cnc4c(N)ncnc43)[C@@H]3OC(C)(C)O[C@@H]32)cc1. The normalized spacial score (nSPS) is 23.0. The molecule has 2 aromatic carbocycles. The Morgan fingerprint density at radius 2 is 1.55 bits per heavy atom. The minimum atomic E-state index is -0.972. The third-order valence-corrected chi connectivity index (χ3v) is 8.71. The highest BCUT2D eigenvalue weighted by atomic mass is 16.8. The van der Waals surface area contributed by atoms with Crippen molar-refractivity contribution in [1.29, 1.82) is 0 Å². The molecule has 0 amide bonds. The molecular formula is C34H41N5O10. The summed E-state index contributed by atoms with van der Waals surface area (Å²) in [6.07, 6.45) is -1.45. The van der Waals surface area contributed by atoms with Crippen LogP contribution in [0.3, 0.4) is 0 Å². The van der Waals surface area contributed by atoms with E-state index < -0.39 is 54.4 Å². The van der Waals surface area contributed by atoms with Crippen LogP contribution in [0.5, 0.6) is 28.7 Å². The first-order chi connectivity index (χ1) is 23.5. The van der Waals surface area contributed by atoms with Crippen LogP contribution in [-0.4, -0.2) is 84.1 Å². The largest absolute Gasteiger partial charge is 0.497 e. The number of hydrogen-bond acceptors (Lipinski definition) is 14. The third kappa shape index (κ3) is 6.54. The number of benzene rings is 2. The molecule has 0 aliphatic carbocycles. The van der Waals surface area contributed by atoms with Crippen molar-refractivity contribution in [2.24, 2.45) is 5.92 Å². The number of ether oxygens (including phenoxy) is 9. The minimum Gasteiger partial charge on any atom is -0.497 e. The molecule has 6 rings (SSSR count). The van der Waals surface area contributed by atoms with E-state index in [4.69, 9.17) is 48.4 Å². The van der Waals surface area contributed by atoms with E-state index in [-0.39, 0.29) is 5.82 Å². The molecule has 2 aliphatic heterocycles. The van der Waals surface area contributed by atoms with Gasteiger partial charge in [-0.1, -0.05) is 0 Å². The molecule has 2 aliphatic rings. The molecule has 4 heterocycles. The number of nitrogen functional groups attached to an aromatic ring is 1. The first-order valence-electron chi connectivity index (χ1n) is 15.7. The van der Waals surface area contributed by atoms with Crippen LogP contribution in [0.15, 0.2) is 49.1 Å². The molecule has 2 N–H and O–H groups in total. The Bertz CT molecular complexity index is 1770. The van der Waals surface area contributed by atoms with Gasteiger partial charge in [-0.3, -0.25) is 9.36 Å². The molecular weight excluding hydrogens is 638 g/mol. The molecule has 2 aromatic heterocycles. The number of methoxy groups -OCH3 is 4. The Balaban J connectivity index is 1.38. The second-order valence-electron chi connectivity index (χ2n) is 12.2. The molecule has 49 heavy (non-hydrogen) atoms. The lowest BCUT2D eigenvalue weighted by Crippen LogP contribution is -2.46. The second-order valence-corrected chi connectivity index (χ2v) is 12.2. The van der Waals surface area contributed by atoms with Crippen LogP contribution in [0.2, 0.25) is 0 Å². The van der Waals surface area contributed by atoms with Crippen LogP contribution in [0.25, 0.3) is 11.2 Å². The van der Waals surface area contributed by atoms with Gasteiger partial charge in [-0.15, -0.1) is 0 Å². The molecule has 3 unspecified atom stereocenters. The maximum Gasteiger partial charge on any atom is 0.316 e. The van der Waals surface area contributed by atoms with Crippen molar-refractivity contribution >= 4 is 23.0 Å². The molecule has 0 saturated carbocycles. The predicted octanol–water partition coefficient (Wildman–Crippen LogP) is 4.25. The lowest BCUT2D eigenvalue weighted by molar-refractivity contribution is -0.219. The van der Waals surface area contributed by atoms with Crippen molar-refractivity contribution in [1.82, 2.24) is 19.5 Å². The second kappa shape index (κ2) is 13.7. The van der Waals surface area contributed by atoms with Gasteiger partial charge in [0.2, 0.25) is 5.75 Å². The van der Waals surface area contributed by atoms with E-state index in [1.807, 2.05) is 20.8 Å². The van der Waals surface area contributed by atoms with E-state index in [1.165, 1.54) is 27.7 Å². The Morgan fingerprint density at radius 3 is 2.18 bits per heavy atom. The number of imidazole rings is 1. The lowest BCUT2D eigenvalue weighted by Gasteiger charge is -2.34. The fraction of sp³-hybridized carbons (Fsp3) is 0.471. The van der Waals surface area contributed by atoms with Crippen LogP contribution in [0.4, 0.5) is 5.82 Å². The Morgan fingerprint density at radius 1 is 0.898 bits per heavy atom. The maximum atomic E-state index is 13.8. The summed E-state index contributed by atoms with van der Waals surface area (Å²) in [7, 11) is 6.17. The highest BCUT2D eigenvalue weighted by molar-refractivity contribution is 5.81. The Hall–Kier alpha value is -4.70. The number of fused-ring (bicyclic) bond motifs is 2. The summed E-state index contributed by atoms with van der Waals surface area (Å²) in [5, 5.41) is 0. The smallest absolute Gasteiger partial charge is 0.316 e. The number of hydrogen-bond donors (Lipinski definition) is 1. The van der Waals surface area contributed by atoms with Crippen molar-refractivity contribution in [3.05, 3.63) is 54.6 Å². The van der Waals surface area contributed by atoms with Gasteiger partial charge in [-0.05, 0) is 69.7 Å². The molecule has 0 spiro atoms. The number of carbonyl (C=O) groups is 1. The quantitative estimate of drug-likeness (QED) is 0.167. The Labute approximate surface area is 283 Å². The van der Waals surface area contributed by atoms with Crippen molar-refractivity contribution in [3.8, 4) is 28.7 Å². The van der Waals surface area contributed by atoms with Crippen molar-refractivity contribution < 1.29 is 47.4 Å². The van der Waals surface area contributed by atoms with Crippen molar-refractivity contribution in [3.63, 3.8) is 0 Å². The van der Waals surface area contributed by atoms with E-state index in [2.05, 4.69) is 15.0 Å². The zero-order valence-corrected chi connectivity index (χ0v) is 28.6. The molecule has 15 nitrogen and oxygen atoms in total. The molecule has 4 aromatic rings. The number of rotatable bonds is 12. The van der Waals surface area contributed by atoms with Crippen LogP contribution in [-0.2, 0) is 23.7 Å². The fourth-order valence-corrected chi connectivity index (χ4v) is 6.27. The van der Waals surface area contributed by atoms with Crippen LogP contribution in [0, 0.1) is 5.92 Å². The van der Waals surface area contributed by atoms with E-state index in [0.29, 0.717) is 45.5 Å². The van der Waals surface area contributed by atoms with E-state index in [9.17, 15) is 4.79 Å². The average molecular weight is 680 g/mol. The van der Waals surface area contributed by atoms with Gasteiger partial charge in [0.25, 0.3) is 0 Å². The summed E-state index contributed by atoms with van der Waals surface area (Å²) in [5.74, 6) is 0.184. The summed E-state index contributed by atoms with van der Waals surface area (Å²) in [4.78, 5) is 26.7. The number of anilines is 1. The van der Waals surface area contributed by atoms with Crippen molar-refractivity contribution in [2.45, 2.75) is 70.2 Å². The summed E-state index contributed by atoms with van der Waals surface area (Å²) >= 11 is 0. The minimum absolute atomic E-state index is 0.231. The van der Waals surface area contributed by atoms with E-state index in [1.54, 1.807) is 61.3 Å². The molecule has 7 atom stereocenters. The fourth-order valence-electron chi connectivity index (χ4n) is 6.27. The highest BCUT2D eigenvalue weighted by Gasteiger charge is 2.59. The number of carbonyl (C=O) groups excluding carboxylic acids is 1. The standard InChI is InChI=1S/C34H41N5O10/c1-17(33(40)46-21-11-9-20(41-5)10-12-21)25(45-18(2)19-13-22(42-6)26(44-8)23(14-19)43-7)27-28-29(49-34(3,4)48-28)32(47-27)39-16-38-24-30(35)36-15-37-31(24)39/h9-18,25,27-29,32H,1-8H3,(H2,35,36,37)/t17?,18?,25?,27-,28-,29-,32-/m1/s1. The lowest BCUT2D eigenvalue weighted by atomic mass is 9.94. The molecule has 262 valence electrons. The molecule has 15 heteroatoms. The van der Waals surface area contributed by atoms with Crippen LogP contribution >= 0.6 is 0 Å². The van der Waals surface area contributed by atoms with E-state index in [0.717, 1.165) is 0 Å². The van der Waals surface area contributed by atoms with Crippen LogP contribution in [0.1, 0.15) is 45.6 Å². The number of aromatic nitrogens is 4. The maximum absolute atomic E-state index is 13.8. The molecule has 0 radical (unpaired) electrons.